The number of benzene rings is 2. The molecule has 2 aromatic carbocycles. The molecule has 1 saturated heterocycles. The highest BCUT2D eigenvalue weighted by molar-refractivity contribution is 5.85. The van der Waals surface area contributed by atoms with Gasteiger partial charge in [0.1, 0.15) is 0 Å². The molecule has 4 heteroatoms. The third-order valence-corrected chi connectivity index (χ3v) is 4.46. The van der Waals surface area contributed by atoms with Gasteiger partial charge in [-0.2, -0.15) is 0 Å². The molecule has 0 spiro atoms. The van der Waals surface area contributed by atoms with Crippen molar-refractivity contribution in [1.82, 2.24) is 4.98 Å². The predicted octanol–water partition coefficient (Wildman–Crippen LogP) is 1.05. The van der Waals surface area contributed by atoms with Crippen molar-refractivity contribution in [3.05, 3.63) is 60.2 Å². The van der Waals surface area contributed by atoms with E-state index in [1.807, 2.05) is 6.07 Å². The first-order valence-electron chi connectivity index (χ1n) is 8.11. The van der Waals surface area contributed by atoms with Gasteiger partial charge in [-0.05, 0) is 36.8 Å². The lowest BCUT2D eigenvalue weighted by Gasteiger charge is -2.28. The van der Waals surface area contributed by atoms with E-state index < -0.39 is 0 Å². The van der Waals surface area contributed by atoms with E-state index in [1.165, 1.54) is 16.6 Å². The molecular formula is C20H20ClN2O-. The fraction of sp³-hybridized carbons (Fsp3) is 0.250. The van der Waals surface area contributed by atoms with Crippen LogP contribution in [0.2, 0.25) is 0 Å². The van der Waals surface area contributed by atoms with E-state index in [4.69, 9.17) is 9.72 Å². The maximum atomic E-state index is 5.42. The Kier molecular flexibility index (Phi) is 5.03. The fourth-order valence-corrected chi connectivity index (χ4v) is 3.16. The summed E-state index contributed by atoms with van der Waals surface area (Å²) < 4.78 is 5.42. The molecule has 3 aromatic rings. The van der Waals surface area contributed by atoms with Crippen LogP contribution in [-0.4, -0.2) is 31.3 Å². The van der Waals surface area contributed by atoms with Crippen LogP contribution in [0.15, 0.2) is 54.6 Å². The molecule has 3 nitrogen and oxygen atoms in total. The molecule has 0 N–H and O–H groups in total. The number of para-hydroxylation sites is 1. The molecule has 0 aliphatic carbocycles. The summed E-state index contributed by atoms with van der Waals surface area (Å²) in [6.07, 6.45) is 0. The lowest BCUT2D eigenvalue weighted by atomic mass is 10.0. The minimum Gasteiger partial charge on any atom is -1.00 e. The number of nitrogens with zero attached hydrogens (tertiary/aromatic N) is 2. The highest BCUT2D eigenvalue weighted by Gasteiger charge is 2.11. The molecule has 0 amide bonds. The van der Waals surface area contributed by atoms with Crippen molar-refractivity contribution in [1.29, 1.82) is 0 Å². The Morgan fingerprint density at radius 1 is 0.958 bits per heavy atom. The number of ether oxygens (including phenoxy) is 1. The van der Waals surface area contributed by atoms with Crippen molar-refractivity contribution >= 4 is 16.6 Å². The van der Waals surface area contributed by atoms with Gasteiger partial charge in [-0.25, -0.2) is 4.98 Å². The van der Waals surface area contributed by atoms with E-state index in [0.717, 1.165) is 43.1 Å². The molecule has 0 atom stereocenters. The number of aromatic nitrogens is 1. The second kappa shape index (κ2) is 7.20. The number of hydrogen-bond acceptors (Lipinski definition) is 3. The summed E-state index contributed by atoms with van der Waals surface area (Å²) in [4.78, 5) is 7.18. The second-order valence-electron chi connectivity index (χ2n) is 5.99. The summed E-state index contributed by atoms with van der Waals surface area (Å²) in [5.74, 6) is 0. The number of hydrogen-bond donors (Lipinski definition) is 0. The van der Waals surface area contributed by atoms with Crippen LogP contribution in [0, 0.1) is 6.92 Å². The topological polar surface area (TPSA) is 25.4 Å². The number of halogens is 1. The Hall–Kier alpha value is -2.10. The molecule has 2 heterocycles. The molecule has 4 rings (SSSR count). The molecule has 0 radical (unpaired) electrons. The van der Waals surface area contributed by atoms with Crippen LogP contribution in [0.4, 0.5) is 5.69 Å². The standard InChI is InChI=1S/C20H20N2O.ClH/c1-15-14-20(21-19-5-3-2-4-18(15)19)16-6-8-17(9-7-16)22-10-12-23-13-11-22;/h2-9,14H,10-13H2,1H3;1H/p-1. The van der Waals surface area contributed by atoms with Gasteiger partial charge < -0.3 is 22.0 Å². The summed E-state index contributed by atoms with van der Waals surface area (Å²) in [5.41, 5.74) is 5.78. The van der Waals surface area contributed by atoms with Gasteiger partial charge in [0, 0.05) is 29.7 Å². The minimum atomic E-state index is 0. The Balaban J connectivity index is 0.00000169. The summed E-state index contributed by atoms with van der Waals surface area (Å²) in [5, 5.41) is 1.22. The number of anilines is 1. The second-order valence-corrected chi connectivity index (χ2v) is 5.99. The monoisotopic (exact) mass is 339 g/mol. The van der Waals surface area contributed by atoms with E-state index in [-0.39, 0.29) is 12.4 Å². The normalized spacial score (nSPS) is 14.5. The van der Waals surface area contributed by atoms with Crippen molar-refractivity contribution in [2.45, 2.75) is 6.92 Å². The van der Waals surface area contributed by atoms with Gasteiger partial charge in [0.15, 0.2) is 0 Å². The van der Waals surface area contributed by atoms with E-state index in [9.17, 15) is 0 Å². The van der Waals surface area contributed by atoms with Gasteiger partial charge in [-0.15, -0.1) is 0 Å². The predicted molar refractivity (Wildman–Crippen MR) is 94.9 cm³/mol. The third kappa shape index (κ3) is 3.23. The quantitative estimate of drug-likeness (QED) is 0.698. The fourth-order valence-electron chi connectivity index (χ4n) is 3.16. The summed E-state index contributed by atoms with van der Waals surface area (Å²) in [6.45, 7) is 5.70. The molecule has 0 unspecified atom stereocenters. The van der Waals surface area contributed by atoms with E-state index >= 15 is 0 Å². The first kappa shape index (κ1) is 16.7. The van der Waals surface area contributed by atoms with Gasteiger partial charge in [0.2, 0.25) is 0 Å². The molecule has 0 bridgehead atoms. The zero-order chi connectivity index (χ0) is 15.6. The van der Waals surface area contributed by atoms with Crippen LogP contribution >= 0.6 is 0 Å². The molecule has 1 aromatic heterocycles. The Morgan fingerprint density at radius 3 is 2.42 bits per heavy atom. The van der Waals surface area contributed by atoms with Gasteiger partial charge in [-0.1, -0.05) is 30.3 Å². The van der Waals surface area contributed by atoms with Crippen molar-refractivity contribution in [2.24, 2.45) is 0 Å². The van der Waals surface area contributed by atoms with Gasteiger partial charge in [0.25, 0.3) is 0 Å². The molecule has 124 valence electrons. The maximum absolute atomic E-state index is 5.42. The van der Waals surface area contributed by atoms with Gasteiger partial charge in [-0.3, -0.25) is 0 Å². The zero-order valence-electron chi connectivity index (χ0n) is 13.7. The van der Waals surface area contributed by atoms with Gasteiger partial charge in [0.05, 0.1) is 24.4 Å². The minimum absolute atomic E-state index is 0. The SMILES string of the molecule is Cc1cc(-c2ccc(N3CCOCC3)cc2)nc2ccccc12.[Cl-]. The van der Waals surface area contributed by atoms with Crippen LogP contribution < -0.4 is 17.3 Å². The first-order chi connectivity index (χ1) is 11.3. The van der Waals surface area contributed by atoms with Crippen molar-refractivity contribution < 1.29 is 17.1 Å². The number of rotatable bonds is 2. The highest BCUT2D eigenvalue weighted by atomic mass is 35.5. The Bertz CT molecular complexity index is 827. The zero-order valence-corrected chi connectivity index (χ0v) is 14.5. The number of aryl methyl sites for hydroxylation is 1. The van der Waals surface area contributed by atoms with Crippen LogP contribution in [0.1, 0.15) is 5.56 Å². The van der Waals surface area contributed by atoms with Crippen LogP contribution in [-0.2, 0) is 4.74 Å². The van der Waals surface area contributed by atoms with E-state index in [2.05, 4.69) is 60.4 Å². The molecule has 24 heavy (non-hydrogen) atoms. The Morgan fingerprint density at radius 2 is 1.67 bits per heavy atom. The van der Waals surface area contributed by atoms with Crippen LogP contribution in [0.25, 0.3) is 22.2 Å². The lowest BCUT2D eigenvalue weighted by molar-refractivity contribution is -0.00000538. The number of pyridine rings is 1. The molecule has 1 fully saturated rings. The van der Waals surface area contributed by atoms with E-state index in [1.54, 1.807) is 0 Å². The lowest BCUT2D eigenvalue weighted by Crippen LogP contribution is -3.00. The maximum Gasteiger partial charge on any atom is 0.0712 e. The average molecular weight is 340 g/mol. The molecular weight excluding hydrogens is 320 g/mol. The summed E-state index contributed by atoms with van der Waals surface area (Å²) in [6, 6.07) is 19.2. The summed E-state index contributed by atoms with van der Waals surface area (Å²) >= 11 is 0. The Labute approximate surface area is 148 Å². The van der Waals surface area contributed by atoms with Crippen molar-refractivity contribution in [3.8, 4) is 11.3 Å². The van der Waals surface area contributed by atoms with Crippen LogP contribution in [0.3, 0.4) is 0 Å². The van der Waals surface area contributed by atoms with Gasteiger partial charge >= 0.3 is 0 Å². The average Bonchev–Trinajstić information content (AvgIpc) is 2.63. The molecule has 1 aliphatic heterocycles. The summed E-state index contributed by atoms with van der Waals surface area (Å²) in [7, 11) is 0. The highest BCUT2D eigenvalue weighted by Crippen LogP contribution is 2.26. The van der Waals surface area contributed by atoms with E-state index in [0.29, 0.717) is 0 Å². The molecule has 1 aliphatic rings. The largest absolute Gasteiger partial charge is 1.00 e. The number of morpholine rings is 1. The number of fused-ring (bicyclic) bond motifs is 1. The van der Waals surface area contributed by atoms with Crippen molar-refractivity contribution in [3.63, 3.8) is 0 Å². The smallest absolute Gasteiger partial charge is 0.0712 e. The third-order valence-electron chi connectivity index (χ3n) is 4.46. The van der Waals surface area contributed by atoms with Crippen molar-refractivity contribution in [2.75, 3.05) is 31.2 Å². The van der Waals surface area contributed by atoms with Crippen LogP contribution in [0.5, 0.6) is 0 Å². The molecule has 0 saturated carbocycles. The first-order valence-corrected chi connectivity index (χ1v) is 8.11.